The van der Waals surface area contributed by atoms with E-state index in [0.29, 0.717) is 12.1 Å². The van der Waals surface area contributed by atoms with E-state index >= 15 is 0 Å². The highest BCUT2D eigenvalue weighted by Crippen LogP contribution is 2.20. The SMILES string of the molecule is NCCNC(=O)c1oc(C(=O)O)cc(=O)c1O.NCCNC(=O)c1oc(CO)cc(=O)c1O.NCCNC(=O)c1occc(=O)c1O.O=C(O)c1cc(=O)c(O)c(C(=O)O)o1.O=C(O)c1oc(CO)cc(=O)c1O.O=C(O)c1occc(=O)c1O.[N-]=[N+]=NCc1cc(=O)c(O)c(C(=O)NCCN)o1.[N-]=[N+]=NCc1cc(=O)c(O)c(C(=O)O)o1. The fourth-order valence-electron chi connectivity index (χ4n) is 6.93. The largest absolute Gasteiger partial charge is 0.501 e. The van der Waals surface area contributed by atoms with Gasteiger partial charge in [-0.25, -0.2) is 28.8 Å². The molecular formula is C62H62N14O42. The highest BCUT2D eigenvalue weighted by Gasteiger charge is 2.25. The summed E-state index contributed by atoms with van der Waals surface area (Å²) in [6, 6.07) is 6.56. The Morgan fingerprint density at radius 3 is 0.839 bits per heavy atom. The molecule has 56 nitrogen and oxygen atoms in total. The second-order valence-corrected chi connectivity index (χ2v) is 20.4. The molecule has 0 aliphatic heterocycles. The number of carbonyl (C=O) groups excluding carboxylic acids is 4. The van der Waals surface area contributed by atoms with Gasteiger partial charge in [0.05, 0.1) is 25.6 Å². The zero-order valence-electron chi connectivity index (χ0n) is 59.0. The number of hydrogen-bond acceptors (Lipinski definition) is 42. The van der Waals surface area contributed by atoms with Gasteiger partial charge in [-0.3, -0.25) is 57.5 Å². The van der Waals surface area contributed by atoms with Crippen LogP contribution in [0.5, 0.6) is 46.0 Å². The van der Waals surface area contributed by atoms with Crippen LogP contribution in [0.2, 0.25) is 0 Å². The average Bonchev–Trinajstić information content (AvgIpc) is 1.34. The number of hydrogen-bond donors (Lipinski definition) is 24. The van der Waals surface area contributed by atoms with Crippen molar-refractivity contribution in [3.8, 4) is 46.0 Å². The summed E-state index contributed by atoms with van der Waals surface area (Å²) in [6.45, 7) is -0.132. The number of aliphatic hydroxyl groups excluding tert-OH is 2. The number of nitrogens with zero attached hydrogens (tertiary/aromatic N) is 6. The van der Waals surface area contributed by atoms with Crippen LogP contribution in [0.4, 0.5) is 0 Å². The lowest BCUT2D eigenvalue weighted by Gasteiger charge is -2.05. The number of aromatic carboxylic acids is 6. The van der Waals surface area contributed by atoms with Crippen molar-refractivity contribution in [3.63, 3.8) is 0 Å². The third-order valence-corrected chi connectivity index (χ3v) is 12.1. The molecule has 56 heteroatoms. The van der Waals surface area contributed by atoms with Gasteiger partial charge in [0.15, 0.2) is 0 Å². The second-order valence-electron chi connectivity index (χ2n) is 20.4. The Kier molecular flexibility index (Phi) is 41.5. The Labute approximate surface area is 646 Å². The Hall–Kier alpha value is -16.9. The first-order valence-corrected chi connectivity index (χ1v) is 30.9. The minimum absolute atomic E-state index is 0.0199. The number of carbonyl (C=O) groups is 10. The molecule has 0 aliphatic rings. The van der Waals surface area contributed by atoms with E-state index in [4.69, 9.17) is 114 Å². The van der Waals surface area contributed by atoms with Crippen molar-refractivity contribution < 1.29 is 165 Å². The zero-order chi connectivity index (χ0) is 90.0. The summed E-state index contributed by atoms with van der Waals surface area (Å²) in [5.41, 5.74) is 29.9. The smallest absolute Gasteiger partial charge is 0.375 e. The lowest BCUT2D eigenvalue weighted by atomic mass is 10.3. The van der Waals surface area contributed by atoms with E-state index in [9.17, 15) is 102 Å². The molecule has 8 rings (SSSR count). The molecule has 8 aromatic heterocycles. The lowest BCUT2D eigenvalue weighted by Crippen LogP contribution is -2.30. The Bertz CT molecular complexity index is 5610. The van der Waals surface area contributed by atoms with Crippen LogP contribution in [0, 0.1) is 0 Å². The van der Waals surface area contributed by atoms with Crippen molar-refractivity contribution in [1.82, 2.24) is 21.3 Å². The fourth-order valence-corrected chi connectivity index (χ4v) is 6.93. The van der Waals surface area contributed by atoms with Gasteiger partial charge in [0.2, 0.25) is 124 Å². The topological polar surface area (TPSA) is 986 Å². The fraction of sp³-hybridized carbons (Fsp3) is 0.194. The number of nitrogens with one attached hydrogen (secondary N) is 4. The van der Waals surface area contributed by atoms with Gasteiger partial charge >= 0.3 is 35.8 Å². The van der Waals surface area contributed by atoms with Crippen molar-refractivity contribution in [3.05, 3.63) is 244 Å². The average molecular weight is 1680 g/mol. The van der Waals surface area contributed by atoms with Crippen molar-refractivity contribution >= 4 is 59.4 Å². The molecule has 118 heavy (non-hydrogen) atoms. The van der Waals surface area contributed by atoms with Crippen LogP contribution in [0.1, 0.15) is 129 Å². The summed E-state index contributed by atoms with van der Waals surface area (Å²) in [5.74, 6) is -27.5. The number of carboxylic acid groups (broad SMARTS) is 6. The first kappa shape index (κ1) is 99.1. The maximum absolute atomic E-state index is 11.5. The Morgan fingerprint density at radius 2 is 0.551 bits per heavy atom. The van der Waals surface area contributed by atoms with Crippen LogP contribution < -0.4 is 87.6 Å². The Balaban J connectivity index is 0.000000677. The number of amides is 4. The predicted molar refractivity (Wildman–Crippen MR) is 378 cm³/mol. The summed E-state index contributed by atoms with van der Waals surface area (Å²) in [4.78, 5) is 201. The molecule has 0 aliphatic carbocycles. The monoisotopic (exact) mass is 1670 g/mol. The molecule has 8 aromatic rings. The number of aromatic hydroxyl groups is 8. The standard InChI is InChI=1S/C9H11N5O4.C9H10N2O6.C9H12N2O5.C8H10N2O4.C7H5N3O5.C7H4O7.C7H6O6.C6H4O5/c10-1-2-12-9(17)8-7(16)6(15)3-5(18-8)4-13-14-11;10-1-2-11-8(14)7-6(13)4(12)3-5(17-7)9(15)16;10-1-2-11-9(15)8-7(14)6(13)3-5(4-12)16-8;9-2-3-10-8(13)7-6(12)5(11)1-4-14-7;8-10-9-2-3-1-4(11)5(12)6(15-3)7(13)14;8-2-1-3(6(10)11)14-5(4(2)9)7(12)13;8-2-3-1-4(9)5(10)6(13-3)7(11)12;7-3-1-2-11-5(4(3)8)6(9)10/h3,16H,1-2,4,10H2,(H,12,17);3,13H,1-2,10H2,(H,11,14)(H,15,16);3,12,14H,1-2,4,10H2,(H,11,15);1,4,12H,2-3,9H2,(H,10,13);1,12H,2H2,(H,13,14);1,9H,(H,10,11)(H,12,13);1,8,10H,2H2,(H,11,12);1-2,8H,(H,9,10). The van der Waals surface area contributed by atoms with E-state index in [0.717, 1.165) is 48.9 Å². The van der Waals surface area contributed by atoms with Gasteiger partial charge in [0.1, 0.15) is 36.3 Å². The minimum atomic E-state index is -1.72. The third-order valence-electron chi connectivity index (χ3n) is 12.1. The first-order valence-electron chi connectivity index (χ1n) is 30.9. The van der Waals surface area contributed by atoms with Crippen molar-refractivity contribution in [2.45, 2.75) is 26.3 Å². The van der Waals surface area contributed by atoms with Crippen molar-refractivity contribution in [2.24, 2.45) is 33.2 Å². The molecule has 0 saturated carbocycles. The number of azide groups is 2. The summed E-state index contributed by atoms with van der Waals surface area (Å²) in [6.07, 6.45) is 1.95. The molecule has 0 radical (unpaired) electrons. The molecule has 28 N–H and O–H groups in total. The van der Waals surface area contributed by atoms with Crippen LogP contribution in [-0.4, -0.2) is 194 Å². The first-order chi connectivity index (χ1) is 55.5. The van der Waals surface area contributed by atoms with E-state index in [1.54, 1.807) is 0 Å². The van der Waals surface area contributed by atoms with Crippen LogP contribution in [0.15, 0.2) is 145 Å². The minimum Gasteiger partial charge on any atom is -0.501 e. The molecule has 0 fully saturated rings. The number of nitrogens with two attached hydrogens (primary N) is 4. The molecule has 0 spiro atoms. The summed E-state index contributed by atoms with van der Waals surface area (Å²) in [5, 5.41) is 156. The molecule has 8 heterocycles. The molecular weight excluding hydrogens is 1610 g/mol. The molecule has 4 amide bonds. The zero-order valence-corrected chi connectivity index (χ0v) is 59.0. The normalized spacial score (nSPS) is 9.75. The van der Waals surface area contributed by atoms with Crippen LogP contribution in [0.3, 0.4) is 0 Å². The van der Waals surface area contributed by atoms with Gasteiger partial charge in [-0.1, -0.05) is 10.2 Å². The summed E-state index contributed by atoms with van der Waals surface area (Å²) >= 11 is 0. The molecule has 0 bridgehead atoms. The van der Waals surface area contributed by atoms with Crippen LogP contribution in [-0.2, 0) is 26.3 Å². The maximum Gasteiger partial charge on any atom is 0.375 e. The molecule has 0 unspecified atom stereocenters. The van der Waals surface area contributed by atoms with E-state index in [-0.39, 0.29) is 88.5 Å². The van der Waals surface area contributed by atoms with Crippen LogP contribution in [0.25, 0.3) is 20.9 Å². The number of aliphatic hydroxyl groups is 2. The number of rotatable bonds is 24. The van der Waals surface area contributed by atoms with Gasteiger partial charge in [0.25, 0.3) is 46.7 Å². The quantitative estimate of drug-likeness (QED) is 0.0157. The van der Waals surface area contributed by atoms with Gasteiger partial charge in [-0.05, 0) is 11.1 Å². The summed E-state index contributed by atoms with van der Waals surface area (Å²) in [7, 11) is 0. The third kappa shape index (κ3) is 31.1. The molecule has 0 atom stereocenters. The molecule has 0 saturated heterocycles. The van der Waals surface area contributed by atoms with Gasteiger partial charge in [-0.2, -0.15) is 0 Å². The van der Waals surface area contributed by atoms with Gasteiger partial charge < -0.3 is 161 Å². The van der Waals surface area contributed by atoms with E-state index in [1.165, 1.54) is 0 Å². The lowest BCUT2D eigenvalue weighted by molar-refractivity contribution is 0.0606. The van der Waals surface area contributed by atoms with E-state index in [2.05, 4.69) is 63.4 Å². The summed E-state index contributed by atoms with van der Waals surface area (Å²) < 4.78 is 36.9. The number of carboxylic acids is 6. The predicted octanol–water partition coefficient (Wildman–Crippen LogP) is -3.69. The van der Waals surface area contributed by atoms with Crippen LogP contribution >= 0.6 is 0 Å². The van der Waals surface area contributed by atoms with Crippen molar-refractivity contribution in [1.29, 1.82) is 0 Å². The molecule has 632 valence electrons. The highest BCUT2D eigenvalue weighted by molar-refractivity contribution is 5.96. The highest BCUT2D eigenvalue weighted by atomic mass is 16.5. The van der Waals surface area contributed by atoms with Gasteiger partial charge in [0, 0.05) is 111 Å². The second kappa shape index (κ2) is 49.4. The maximum atomic E-state index is 11.5. The van der Waals surface area contributed by atoms with Gasteiger partial charge in [-0.15, -0.1) is 0 Å². The Morgan fingerprint density at radius 1 is 0.322 bits per heavy atom. The van der Waals surface area contributed by atoms with E-state index in [1.807, 2.05) is 0 Å². The van der Waals surface area contributed by atoms with E-state index < -0.39 is 220 Å². The molecule has 0 aromatic carbocycles. The van der Waals surface area contributed by atoms with Crippen molar-refractivity contribution in [2.75, 3.05) is 52.4 Å².